The number of aryl methyl sites for hydroxylation is 4. The third-order valence-electron chi connectivity index (χ3n) is 5.00. The van der Waals surface area contributed by atoms with Crippen LogP contribution in [0.15, 0.2) is 47.3 Å². The summed E-state index contributed by atoms with van der Waals surface area (Å²) >= 11 is 0. The van der Waals surface area contributed by atoms with Crippen molar-refractivity contribution in [2.45, 2.75) is 34.1 Å². The highest BCUT2D eigenvalue weighted by atomic mass is 16.1. The van der Waals surface area contributed by atoms with Crippen molar-refractivity contribution in [3.8, 4) is 0 Å². The van der Waals surface area contributed by atoms with Crippen molar-refractivity contribution < 1.29 is 0 Å². The van der Waals surface area contributed by atoms with E-state index in [1.165, 1.54) is 5.56 Å². The fourth-order valence-corrected chi connectivity index (χ4v) is 3.57. The molecule has 0 amide bonds. The normalized spacial score (nSPS) is 11.0. The molecule has 0 aliphatic carbocycles. The largest absolute Gasteiger partial charge is 0.294 e. The van der Waals surface area contributed by atoms with Gasteiger partial charge in [0.05, 0.1) is 16.9 Å². The second-order valence-corrected chi connectivity index (χ2v) is 7.38. The maximum absolute atomic E-state index is 12.6. The highest BCUT2D eigenvalue weighted by Gasteiger charge is 2.12. The van der Waals surface area contributed by atoms with Crippen LogP contribution in [0.4, 0.5) is 11.9 Å². The fraction of sp³-hybridized carbons (Fsp3) is 0.217. The summed E-state index contributed by atoms with van der Waals surface area (Å²) < 4.78 is 0. The molecule has 4 rings (SSSR count). The Balaban J connectivity index is 1.67. The van der Waals surface area contributed by atoms with E-state index in [1.807, 2.05) is 51.1 Å². The van der Waals surface area contributed by atoms with Gasteiger partial charge < -0.3 is 0 Å². The number of H-pyrrole nitrogens is 1. The summed E-state index contributed by atoms with van der Waals surface area (Å²) in [5.41, 5.74) is 6.29. The van der Waals surface area contributed by atoms with Gasteiger partial charge in [-0.15, -0.1) is 0 Å². The number of aromatic nitrogens is 4. The van der Waals surface area contributed by atoms with E-state index in [1.54, 1.807) is 0 Å². The Bertz CT molecular complexity index is 1260. The summed E-state index contributed by atoms with van der Waals surface area (Å²) in [6.07, 6.45) is 0.541. The van der Waals surface area contributed by atoms with Gasteiger partial charge in [-0.25, -0.2) is 15.0 Å². The smallest absolute Gasteiger partial charge is 0.256 e. The van der Waals surface area contributed by atoms with Gasteiger partial charge in [0.2, 0.25) is 11.9 Å². The van der Waals surface area contributed by atoms with Crippen molar-refractivity contribution >= 4 is 22.8 Å². The summed E-state index contributed by atoms with van der Waals surface area (Å²) in [5, 5.41) is 4.09. The van der Waals surface area contributed by atoms with Crippen LogP contribution in [0.5, 0.6) is 0 Å². The first-order valence-electron chi connectivity index (χ1n) is 9.57. The molecule has 0 saturated heterocycles. The Morgan fingerprint density at radius 3 is 2.41 bits per heavy atom. The first-order chi connectivity index (χ1) is 13.9. The van der Waals surface area contributed by atoms with E-state index in [4.69, 9.17) is 0 Å². The number of fused-ring (bicyclic) bond motifs is 1. The highest BCUT2D eigenvalue weighted by Crippen LogP contribution is 2.23. The molecular formula is C23H23N5O. The molecule has 2 aromatic heterocycles. The van der Waals surface area contributed by atoms with E-state index in [0.29, 0.717) is 29.6 Å². The first-order valence-corrected chi connectivity index (χ1v) is 9.57. The van der Waals surface area contributed by atoms with Gasteiger partial charge >= 0.3 is 0 Å². The molecule has 6 nitrogen and oxygen atoms in total. The summed E-state index contributed by atoms with van der Waals surface area (Å²) in [6, 6.07) is 14.1. The summed E-state index contributed by atoms with van der Waals surface area (Å²) in [6.45, 7) is 7.90. The van der Waals surface area contributed by atoms with Crippen molar-refractivity contribution in [1.82, 2.24) is 19.9 Å². The van der Waals surface area contributed by atoms with Crippen molar-refractivity contribution in [3.05, 3.63) is 86.5 Å². The molecule has 0 spiro atoms. The third-order valence-corrected chi connectivity index (χ3v) is 5.00. The summed E-state index contributed by atoms with van der Waals surface area (Å²) in [7, 11) is 0. The maximum Gasteiger partial charge on any atom is 0.256 e. The van der Waals surface area contributed by atoms with Gasteiger partial charge in [0, 0.05) is 17.4 Å². The molecule has 0 saturated carbocycles. The average Bonchev–Trinajstić information content (AvgIpc) is 2.67. The zero-order valence-corrected chi connectivity index (χ0v) is 17.0. The summed E-state index contributed by atoms with van der Waals surface area (Å²) in [4.78, 5) is 29.2. The molecule has 29 heavy (non-hydrogen) atoms. The zero-order valence-electron chi connectivity index (χ0n) is 17.0. The second kappa shape index (κ2) is 7.47. The van der Waals surface area contributed by atoms with Crippen LogP contribution >= 0.6 is 0 Å². The fourth-order valence-electron chi connectivity index (χ4n) is 3.57. The second-order valence-electron chi connectivity index (χ2n) is 7.38. The van der Waals surface area contributed by atoms with Crippen molar-refractivity contribution in [2.75, 3.05) is 5.32 Å². The number of nitrogens with zero attached hydrogens (tertiary/aromatic N) is 3. The Labute approximate surface area is 169 Å². The number of benzene rings is 2. The average molecular weight is 385 g/mol. The van der Waals surface area contributed by atoms with Crippen LogP contribution in [0.2, 0.25) is 0 Å². The molecule has 0 radical (unpaired) electrons. The van der Waals surface area contributed by atoms with E-state index < -0.39 is 0 Å². The van der Waals surface area contributed by atoms with Gasteiger partial charge in [-0.2, -0.15) is 0 Å². The number of nitrogens with one attached hydrogen (secondary N) is 2. The third kappa shape index (κ3) is 3.87. The van der Waals surface area contributed by atoms with Crippen molar-refractivity contribution in [3.63, 3.8) is 0 Å². The van der Waals surface area contributed by atoms with Crippen LogP contribution in [0.1, 0.15) is 33.6 Å². The highest BCUT2D eigenvalue weighted by molar-refractivity contribution is 5.85. The predicted octanol–water partition coefficient (Wildman–Crippen LogP) is 4.28. The number of rotatable bonds is 4. The molecule has 0 unspecified atom stereocenters. The lowest BCUT2D eigenvalue weighted by atomic mass is 10.1. The van der Waals surface area contributed by atoms with E-state index in [-0.39, 0.29) is 5.56 Å². The zero-order chi connectivity index (χ0) is 20.5. The molecule has 2 heterocycles. The van der Waals surface area contributed by atoms with Gasteiger partial charge in [-0.3, -0.25) is 15.1 Å². The van der Waals surface area contributed by atoms with Gasteiger partial charge in [-0.1, -0.05) is 42.0 Å². The number of anilines is 2. The van der Waals surface area contributed by atoms with Gasteiger partial charge in [0.1, 0.15) is 0 Å². The van der Waals surface area contributed by atoms with Crippen molar-refractivity contribution in [2.24, 2.45) is 0 Å². The monoisotopic (exact) mass is 385 g/mol. The SMILES string of the molecule is Cc1cc(C)c2nc(Nc3nc(C)c(Cc4ccccc4)c(=O)[nH]3)nc(C)c2c1. The van der Waals surface area contributed by atoms with Crippen LogP contribution in [-0.4, -0.2) is 19.9 Å². The molecule has 0 aliphatic heterocycles. The standard InChI is InChI=1S/C23H23N5O/c1-13-10-14(2)20-18(11-13)15(3)24-22(26-20)28-23-25-16(4)19(21(29)27-23)12-17-8-6-5-7-9-17/h5-11H,12H2,1-4H3,(H2,24,25,26,27,28,29). The topological polar surface area (TPSA) is 83.6 Å². The predicted molar refractivity (Wildman–Crippen MR) is 116 cm³/mol. The molecular weight excluding hydrogens is 362 g/mol. The van der Waals surface area contributed by atoms with E-state index in [9.17, 15) is 4.79 Å². The lowest BCUT2D eigenvalue weighted by Crippen LogP contribution is -2.19. The minimum Gasteiger partial charge on any atom is -0.294 e. The lowest BCUT2D eigenvalue weighted by molar-refractivity contribution is 0.978. The minimum absolute atomic E-state index is 0.159. The maximum atomic E-state index is 12.6. The van der Waals surface area contributed by atoms with E-state index >= 15 is 0 Å². The molecule has 0 atom stereocenters. The molecule has 0 fully saturated rings. The Morgan fingerprint density at radius 2 is 1.69 bits per heavy atom. The molecule has 0 aliphatic rings. The molecule has 146 valence electrons. The molecule has 6 heteroatoms. The van der Waals surface area contributed by atoms with Crippen LogP contribution < -0.4 is 10.9 Å². The number of hydrogen-bond donors (Lipinski definition) is 2. The van der Waals surface area contributed by atoms with Crippen LogP contribution in [0.3, 0.4) is 0 Å². The van der Waals surface area contributed by atoms with E-state index in [0.717, 1.165) is 27.7 Å². The first kappa shape index (κ1) is 18.8. The Hall–Kier alpha value is -3.54. The molecule has 4 aromatic rings. The van der Waals surface area contributed by atoms with Crippen LogP contribution in [0, 0.1) is 27.7 Å². The van der Waals surface area contributed by atoms with Crippen LogP contribution in [0.25, 0.3) is 10.9 Å². The van der Waals surface area contributed by atoms with E-state index in [2.05, 4.69) is 44.3 Å². The Kier molecular flexibility index (Phi) is 4.84. The summed E-state index contributed by atoms with van der Waals surface area (Å²) in [5.74, 6) is 0.758. The number of aromatic amines is 1. The Morgan fingerprint density at radius 1 is 0.931 bits per heavy atom. The van der Waals surface area contributed by atoms with Gasteiger partial charge in [0.15, 0.2) is 0 Å². The lowest BCUT2D eigenvalue weighted by Gasteiger charge is -2.11. The van der Waals surface area contributed by atoms with Crippen molar-refractivity contribution in [1.29, 1.82) is 0 Å². The van der Waals surface area contributed by atoms with Gasteiger partial charge in [-0.05, 0) is 44.9 Å². The van der Waals surface area contributed by atoms with Gasteiger partial charge in [0.25, 0.3) is 5.56 Å². The number of hydrogen-bond acceptors (Lipinski definition) is 5. The van der Waals surface area contributed by atoms with Crippen LogP contribution in [-0.2, 0) is 6.42 Å². The molecule has 0 bridgehead atoms. The minimum atomic E-state index is -0.159. The molecule has 2 aromatic carbocycles. The quantitative estimate of drug-likeness (QED) is 0.548. The molecule has 2 N–H and O–H groups in total.